The molecule has 4 rings (SSSR count). The summed E-state index contributed by atoms with van der Waals surface area (Å²) >= 11 is 0. The molecule has 1 amide bonds. The van der Waals surface area contributed by atoms with Gasteiger partial charge in [-0.2, -0.15) is 0 Å². The van der Waals surface area contributed by atoms with Crippen molar-refractivity contribution < 1.29 is 13.9 Å². The van der Waals surface area contributed by atoms with Gasteiger partial charge in [0.2, 0.25) is 5.82 Å². The Balaban J connectivity index is 1.73. The second-order valence-electron chi connectivity index (χ2n) is 6.70. The molecule has 0 saturated heterocycles. The van der Waals surface area contributed by atoms with Gasteiger partial charge >= 0.3 is 0 Å². The monoisotopic (exact) mass is 402 g/mol. The molecule has 7 heteroatoms. The Labute approximate surface area is 173 Å². The lowest BCUT2D eigenvalue weighted by atomic mass is 10.2. The zero-order valence-corrected chi connectivity index (χ0v) is 16.5. The van der Waals surface area contributed by atoms with Gasteiger partial charge in [0.05, 0.1) is 12.8 Å². The van der Waals surface area contributed by atoms with Gasteiger partial charge < -0.3 is 10.1 Å². The van der Waals surface area contributed by atoms with Crippen LogP contribution in [0.1, 0.15) is 16.2 Å². The predicted molar refractivity (Wildman–Crippen MR) is 112 cm³/mol. The fourth-order valence-corrected chi connectivity index (χ4v) is 2.92. The number of ether oxygens (including phenoxy) is 1. The average molecular weight is 402 g/mol. The molecule has 0 unspecified atom stereocenters. The zero-order chi connectivity index (χ0) is 21.1. The van der Waals surface area contributed by atoms with Crippen LogP contribution in [0.15, 0.2) is 72.8 Å². The summed E-state index contributed by atoms with van der Waals surface area (Å²) in [5, 5.41) is 7.21. The average Bonchev–Trinajstić information content (AvgIpc) is 3.21. The van der Waals surface area contributed by atoms with Crippen LogP contribution < -0.4 is 10.1 Å². The Kier molecular flexibility index (Phi) is 5.26. The van der Waals surface area contributed by atoms with E-state index in [4.69, 9.17) is 4.74 Å². The van der Waals surface area contributed by atoms with Gasteiger partial charge in [0, 0.05) is 11.3 Å². The van der Waals surface area contributed by atoms with E-state index < -0.39 is 5.91 Å². The molecule has 0 fully saturated rings. The summed E-state index contributed by atoms with van der Waals surface area (Å²) in [7, 11) is 1.59. The van der Waals surface area contributed by atoms with Crippen molar-refractivity contribution in [2.45, 2.75) is 6.92 Å². The van der Waals surface area contributed by atoms with Crippen LogP contribution in [-0.2, 0) is 0 Å². The van der Waals surface area contributed by atoms with Gasteiger partial charge in [-0.15, -0.1) is 5.10 Å². The molecule has 3 aromatic carbocycles. The van der Waals surface area contributed by atoms with E-state index in [9.17, 15) is 9.18 Å². The van der Waals surface area contributed by atoms with Crippen LogP contribution in [-0.4, -0.2) is 27.8 Å². The Morgan fingerprint density at radius 1 is 0.967 bits per heavy atom. The lowest BCUT2D eigenvalue weighted by molar-refractivity contribution is 0.101. The number of aryl methyl sites for hydroxylation is 1. The highest BCUT2D eigenvalue weighted by Crippen LogP contribution is 2.23. The summed E-state index contributed by atoms with van der Waals surface area (Å²) in [4.78, 5) is 17.2. The van der Waals surface area contributed by atoms with Crippen molar-refractivity contribution in [3.8, 4) is 22.8 Å². The molecule has 0 bridgehead atoms. The van der Waals surface area contributed by atoms with Gasteiger partial charge in [-0.1, -0.05) is 17.7 Å². The highest BCUT2D eigenvalue weighted by Gasteiger charge is 2.19. The molecule has 30 heavy (non-hydrogen) atoms. The number of aromatic nitrogens is 3. The van der Waals surface area contributed by atoms with E-state index >= 15 is 0 Å². The largest absolute Gasteiger partial charge is 0.497 e. The molecule has 0 atom stereocenters. The minimum absolute atomic E-state index is 0.00529. The second kappa shape index (κ2) is 8.16. The highest BCUT2D eigenvalue weighted by molar-refractivity contribution is 6.01. The molecule has 0 aliphatic carbocycles. The van der Waals surface area contributed by atoms with Crippen molar-refractivity contribution >= 4 is 11.6 Å². The summed E-state index contributed by atoms with van der Waals surface area (Å²) in [6.07, 6.45) is 0. The molecule has 1 aromatic heterocycles. The van der Waals surface area contributed by atoms with E-state index in [1.54, 1.807) is 36.1 Å². The van der Waals surface area contributed by atoms with Crippen molar-refractivity contribution in [2.75, 3.05) is 12.4 Å². The second-order valence-corrected chi connectivity index (χ2v) is 6.70. The number of hydrogen-bond donors (Lipinski definition) is 1. The summed E-state index contributed by atoms with van der Waals surface area (Å²) in [5.41, 5.74) is 3.06. The fraction of sp³-hybridized carbons (Fsp3) is 0.0870. The Morgan fingerprint density at radius 3 is 2.27 bits per heavy atom. The number of benzene rings is 3. The fourth-order valence-electron chi connectivity index (χ4n) is 2.92. The number of hydrogen-bond acceptors (Lipinski definition) is 4. The van der Waals surface area contributed by atoms with Gasteiger partial charge in [0.1, 0.15) is 11.6 Å². The maximum Gasteiger partial charge on any atom is 0.295 e. The van der Waals surface area contributed by atoms with Gasteiger partial charge in [-0.25, -0.2) is 14.1 Å². The highest BCUT2D eigenvalue weighted by atomic mass is 19.1. The topological polar surface area (TPSA) is 69.0 Å². The summed E-state index contributed by atoms with van der Waals surface area (Å²) in [5.74, 6) is 0.334. The van der Waals surface area contributed by atoms with Crippen LogP contribution in [0.2, 0.25) is 0 Å². The first kappa shape index (κ1) is 19.3. The number of methoxy groups -OCH3 is 1. The molecule has 150 valence electrons. The first-order valence-corrected chi connectivity index (χ1v) is 9.29. The first-order chi connectivity index (χ1) is 14.5. The van der Waals surface area contributed by atoms with E-state index in [1.165, 1.54) is 12.1 Å². The number of nitrogens with zero attached hydrogens (tertiary/aromatic N) is 3. The molecule has 0 aliphatic heterocycles. The predicted octanol–water partition coefficient (Wildman–Crippen LogP) is 4.64. The number of nitrogens with one attached hydrogen (secondary N) is 1. The lowest BCUT2D eigenvalue weighted by Gasteiger charge is -2.07. The minimum atomic E-state index is -0.436. The van der Waals surface area contributed by atoms with E-state index in [0.717, 1.165) is 5.56 Å². The number of rotatable bonds is 5. The molecule has 0 spiro atoms. The number of anilines is 1. The smallest absolute Gasteiger partial charge is 0.295 e. The van der Waals surface area contributed by atoms with Gasteiger partial charge in [0.15, 0.2) is 5.82 Å². The van der Waals surface area contributed by atoms with Crippen molar-refractivity contribution in [3.05, 3.63) is 90.0 Å². The Bertz CT molecular complexity index is 1170. The number of halogens is 1. The quantitative estimate of drug-likeness (QED) is 0.528. The summed E-state index contributed by atoms with van der Waals surface area (Å²) < 4.78 is 20.1. The van der Waals surface area contributed by atoms with Crippen LogP contribution >= 0.6 is 0 Å². The Hall–Kier alpha value is -4.00. The Morgan fingerprint density at radius 2 is 1.63 bits per heavy atom. The van der Waals surface area contributed by atoms with Gasteiger partial charge in [-0.05, 0) is 67.6 Å². The molecule has 1 heterocycles. The van der Waals surface area contributed by atoms with E-state index in [0.29, 0.717) is 28.5 Å². The number of carbonyl (C=O) groups is 1. The van der Waals surface area contributed by atoms with E-state index in [-0.39, 0.29) is 11.6 Å². The third kappa shape index (κ3) is 4.05. The van der Waals surface area contributed by atoms with E-state index in [2.05, 4.69) is 15.4 Å². The van der Waals surface area contributed by atoms with Crippen LogP contribution in [0.5, 0.6) is 5.75 Å². The van der Waals surface area contributed by atoms with Crippen LogP contribution in [0.4, 0.5) is 10.1 Å². The number of carbonyl (C=O) groups excluding carboxylic acids is 1. The van der Waals surface area contributed by atoms with Crippen molar-refractivity contribution in [3.63, 3.8) is 0 Å². The summed E-state index contributed by atoms with van der Waals surface area (Å²) in [6, 6.07) is 20.5. The molecule has 0 aliphatic rings. The van der Waals surface area contributed by atoms with Gasteiger partial charge in [-0.3, -0.25) is 4.79 Å². The standard InChI is InChI=1S/C23H19FN4O2/c1-15-3-9-18(10-4-15)25-23(29)21-26-22(16-5-7-17(24)8-6-16)28(27-21)19-11-13-20(30-2)14-12-19/h3-14H,1-2H3,(H,25,29). The molecule has 4 aromatic rings. The van der Waals surface area contributed by atoms with Gasteiger partial charge in [0.25, 0.3) is 5.91 Å². The third-order valence-corrected chi connectivity index (χ3v) is 4.54. The first-order valence-electron chi connectivity index (χ1n) is 9.29. The normalized spacial score (nSPS) is 10.6. The summed E-state index contributed by atoms with van der Waals surface area (Å²) in [6.45, 7) is 1.97. The molecule has 1 N–H and O–H groups in total. The molecule has 6 nitrogen and oxygen atoms in total. The van der Waals surface area contributed by atoms with Crippen LogP contribution in [0.3, 0.4) is 0 Å². The SMILES string of the molecule is COc1ccc(-n2nc(C(=O)Nc3ccc(C)cc3)nc2-c2ccc(F)cc2)cc1. The molecule has 0 radical (unpaired) electrons. The van der Waals surface area contributed by atoms with E-state index in [1.807, 2.05) is 43.3 Å². The third-order valence-electron chi connectivity index (χ3n) is 4.54. The lowest BCUT2D eigenvalue weighted by Crippen LogP contribution is -2.14. The minimum Gasteiger partial charge on any atom is -0.497 e. The van der Waals surface area contributed by atoms with Crippen molar-refractivity contribution in [1.82, 2.24) is 14.8 Å². The molecule has 0 saturated carbocycles. The molecular formula is C23H19FN4O2. The molecular weight excluding hydrogens is 383 g/mol. The maximum absolute atomic E-state index is 13.4. The van der Waals surface area contributed by atoms with Crippen molar-refractivity contribution in [2.24, 2.45) is 0 Å². The maximum atomic E-state index is 13.4. The number of amides is 1. The zero-order valence-electron chi connectivity index (χ0n) is 16.5. The van der Waals surface area contributed by atoms with Crippen LogP contribution in [0, 0.1) is 12.7 Å². The van der Waals surface area contributed by atoms with Crippen molar-refractivity contribution in [1.29, 1.82) is 0 Å². The van der Waals surface area contributed by atoms with Crippen LogP contribution in [0.25, 0.3) is 17.1 Å².